The SMILES string of the molecule is Cc1ccc(F)cc1-n1cncc1C1CNCCO1. The van der Waals surface area contributed by atoms with Gasteiger partial charge >= 0.3 is 0 Å². The van der Waals surface area contributed by atoms with Gasteiger partial charge in [0.25, 0.3) is 0 Å². The van der Waals surface area contributed by atoms with Crippen LogP contribution in [0.4, 0.5) is 4.39 Å². The molecular weight excluding hydrogens is 245 g/mol. The van der Waals surface area contributed by atoms with Crippen molar-refractivity contribution in [3.05, 3.63) is 47.8 Å². The highest BCUT2D eigenvalue weighted by molar-refractivity contribution is 5.42. The van der Waals surface area contributed by atoms with Gasteiger partial charge in [0.15, 0.2) is 0 Å². The van der Waals surface area contributed by atoms with Crippen LogP contribution in [0.1, 0.15) is 17.4 Å². The van der Waals surface area contributed by atoms with Crippen molar-refractivity contribution >= 4 is 0 Å². The van der Waals surface area contributed by atoms with E-state index in [0.717, 1.165) is 30.0 Å². The number of aryl methyl sites for hydroxylation is 1. The molecule has 0 bridgehead atoms. The predicted octanol–water partition coefficient (Wildman–Crippen LogP) is 1.98. The van der Waals surface area contributed by atoms with E-state index >= 15 is 0 Å². The van der Waals surface area contributed by atoms with Crippen molar-refractivity contribution < 1.29 is 9.13 Å². The molecule has 2 heterocycles. The Morgan fingerprint density at radius 2 is 2.37 bits per heavy atom. The Morgan fingerprint density at radius 1 is 1.47 bits per heavy atom. The van der Waals surface area contributed by atoms with Crippen LogP contribution in [0.25, 0.3) is 5.69 Å². The van der Waals surface area contributed by atoms with Crippen molar-refractivity contribution in [1.82, 2.24) is 14.9 Å². The van der Waals surface area contributed by atoms with Crippen LogP contribution in [-0.2, 0) is 4.74 Å². The summed E-state index contributed by atoms with van der Waals surface area (Å²) in [7, 11) is 0. The van der Waals surface area contributed by atoms with Gasteiger partial charge in [0.1, 0.15) is 11.9 Å². The Hall–Kier alpha value is -1.72. The zero-order chi connectivity index (χ0) is 13.2. The molecule has 1 saturated heterocycles. The molecule has 100 valence electrons. The van der Waals surface area contributed by atoms with Gasteiger partial charge in [-0.25, -0.2) is 9.37 Å². The molecule has 0 aliphatic carbocycles. The van der Waals surface area contributed by atoms with Crippen molar-refractivity contribution in [2.45, 2.75) is 13.0 Å². The van der Waals surface area contributed by atoms with Gasteiger partial charge < -0.3 is 14.6 Å². The van der Waals surface area contributed by atoms with Crippen LogP contribution >= 0.6 is 0 Å². The third kappa shape index (κ3) is 2.39. The van der Waals surface area contributed by atoms with Crippen molar-refractivity contribution in [1.29, 1.82) is 0 Å². The van der Waals surface area contributed by atoms with Gasteiger partial charge in [-0.2, -0.15) is 0 Å². The fraction of sp³-hybridized carbons (Fsp3) is 0.357. The molecule has 0 saturated carbocycles. The van der Waals surface area contributed by atoms with E-state index in [9.17, 15) is 4.39 Å². The molecule has 1 N–H and O–H groups in total. The number of ether oxygens (including phenoxy) is 1. The molecule has 3 rings (SSSR count). The van der Waals surface area contributed by atoms with Crippen LogP contribution < -0.4 is 5.32 Å². The second kappa shape index (κ2) is 5.11. The molecule has 1 unspecified atom stereocenters. The van der Waals surface area contributed by atoms with Crippen molar-refractivity contribution in [3.63, 3.8) is 0 Å². The molecule has 0 spiro atoms. The third-order valence-electron chi connectivity index (χ3n) is 3.36. The molecule has 1 fully saturated rings. The summed E-state index contributed by atoms with van der Waals surface area (Å²) in [5.41, 5.74) is 2.76. The fourth-order valence-electron chi connectivity index (χ4n) is 2.34. The van der Waals surface area contributed by atoms with Crippen molar-refractivity contribution in [3.8, 4) is 5.69 Å². The number of morpholine rings is 1. The van der Waals surface area contributed by atoms with E-state index in [1.165, 1.54) is 12.1 Å². The summed E-state index contributed by atoms with van der Waals surface area (Å²) in [5.74, 6) is -0.247. The van der Waals surface area contributed by atoms with E-state index in [4.69, 9.17) is 4.74 Å². The van der Waals surface area contributed by atoms with Crippen molar-refractivity contribution in [2.24, 2.45) is 0 Å². The van der Waals surface area contributed by atoms with E-state index < -0.39 is 0 Å². The van der Waals surface area contributed by atoms with E-state index in [1.807, 2.05) is 11.5 Å². The summed E-state index contributed by atoms with van der Waals surface area (Å²) < 4.78 is 21.1. The Labute approximate surface area is 111 Å². The average molecular weight is 261 g/mol. The van der Waals surface area contributed by atoms with E-state index in [0.29, 0.717) is 6.61 Å². The Morgan fingerprint density at radius 3 is 3.16 bits per heavy atom. The van der Waals surface area contributed by atoms with Crippen LogP contribution in [0.5, 0.6) is 0 Å². The van der Waals surface area contributed by atoms with E-state index in [1.54, 1.807) is 18.6 Å². The van der Waals surface area contributed by atoms with Gasteiger partial charge in [-0.05, 0) is 24.6 Å². The zero-order valence-corrected chi connectivity index (χ0v) is 10.8. The molecule has 1 aromatic carbocycles. The summed E-state index contributed by atoms with van der Waals surface area (Å²) in [5, 5.41) is 3.29. The first kappa shape index (κ1) is 12.3. The minimum absolute atomic E-state index is 0.0427. The van der Waals surface area contributed by atoms with Crippen LogP contribution in [0, 0.1) is 12.7 Å². The maximum Gasteiger partial charge on any atom is 0.125 e. The molecule has 0 amide bonds. The molecule has 19 heavy (non-hydrogen) atoms. The van der Waals surface area contributed by atoms with Gasteiger partial charge in [0.2, 0.25) is 0 Å². The van der Waals surface area contributed by atoms with Crippen LogP contribution in [0.2, 0.25) is 0 Å². The van der Waals surface area contributed by atoms with Gasteiger partial charge in [-0.3, -0.25) is 0 Å². The topological polar surface area (TPSA) is 39.1 Å². The number of halogens is 1. The number of aromatic nitrogens is 2. The van der Waals surface area contributed by atoms with Gasteiger partial charge in [-0.15, -0.1) is 0 Å². The number of benzene rings is 1. The largest absolute Gasteiger partial charge is 0.369 e. The maximum absolute atomic E-state index is 13.4. The molecule has 1 aliphatic heterocycles. The summed E-state index contributed by atoms with van der Waals surface area (Å²) in [6.07, 6.45) is 3.44. The Kier molecular flexibility index (Phi) is 3.31. The first-order valence-electron chi connectivity index (χ1n) is 6.37. The molecule has 4 nitrogen and oxygen atoms in total. The quantitative estimate of drug-likeness (QED) is 0.898. The first-order valence-corrected chi connectivity index (χ1v) is 6.37. The normalized spacial score (nSPS) is 19.6. The number of hydrogen-bond acceptors (Lipinski definition) is 3. The molecule has 1 aromatic heterocycles. The van der Waals surface area contributed by atoms with Crippen molar-refractivity contribution in [2.75, 3.05) is 19.7 Å². The van der Waals surface area contributed by atoms with Gasteiger partial charge in [-0.1, -0.05) is 6.07 Å². The maximum atomic E-state index is 13.4. The lowest BCUT2D eigenvalue weighted by Gasteiger charge is -2.24. The summed E-state index contributed by atoms with van der Waals surface area (Å²) >= 11 is 0. The number of imidazole rings is 1. The minimum Gasteiger partial charge on any atom is -0.369 e. The minimum atomic E-state index is -0.247. The second-order valence-electron chi connectivity index (χ2n) is 4.68. The first-order chi connectivity index (χ1) is 9.25. The van der Waals surface area contributed by atoms with Crippen LogP contribution in [-0.4, -0.2) is 29.2 Å². The fourth-order valence-corrected chi connectivity index (χ4v) is 2.34. The highest BCUT2D eigenvalue weighted by Gasteiger charge is 2.20. The van der Waals surface area contributed by atoms with Gasteiger partial charge in [0.05, 0.1) is 30.5 Å². The lowest BCUT2D eigenvalue weighted by Crippen LogP contribution is -2.34. The average Bonchev–Trinajstić information content (AvgIpc) is 2.91. The third-order valence-corrected chi connectivity index (χ3v) is 3.36. The number of hydrogen-bond donors (Lipinski definition) is 1. The number of nitrogens with one attached hydrogen (secondary N) is 1. The second-order valence-corrected chi connectivity index (χ2v) is 4.68. The predicted molar refractivity (Wildman–Crippen MR) is 69.8 cm³/mol. The molecule has 5 heteroatoms. The smallest absolute Gasteiger partial charge is 0.125 e. The molecule has 0 radical (unpaired) electrons. The van der Waals surface area contributed by atoms with Crippen LogP contribution in [0.15, 0.2) is 30.7 Å². The zero-order valence-electron chi connectivity index (χ0n) is 10.8. The molecule has 1 atom stereocenters. The highest BCUT2D eigenvalue weighted by atomic mass is 19.1. The molecule has 2 aromatic rings. The number of rotatable bonds is 2. The van der Waals surface area contributed by atoms with E-state index in [-0.39, 0.29) is 11.9 Å². The lowest BCUT2D eigenvalue weighted by atomic mass is 10.1. The lowest BCUT2D eigenvalue weighted by molar-refractivity contribution is 0.0240. The Bertz CT molecular complexity index is 576. The van der Waals surface area contributed by atoms with Gasteiger partial charge in [0, 0.05) is 13.1 Å². The monoisotopic (exact) mass is 261 g/mol. The summed E-state index contributed by atoms with van der Waals surface area (Å²) in [6.45, 7) is 4.25. The summed E-state index contributed by atoms with van der Waals surface area (Å²) in [4.78, 5) is 4.18. The standard InChI is InChI=1S/C14H16FN3O/c1-10-2-3-11(15)6-12(10)18-9-17-7-13(18)14-8-16-4-5-19-14/h2-3,6-7,9,14,16H,4-5,8H2,1H3. The number of nitrogens with zero attached hydrogens (tertiary/aromatic N) is 2. The Balaban J connectivity index is 2.01. The molecule has 1 aliphatic rings. The summed E-state index contributed by atoms with van der Waals surface area (Å²) in [6, 6.07) is 4.76. The van der Waals surface area contributed by atoms with Crippen LogP contribution in [0.3, 0.4) is 0 Å². The van der Waals surface area contributed by atoms with E-state index in [2.05, 4.69) is 10.3 Å². The highest BCUT2D eigenvalue weighted by Crippen LogP contribution is 2.24. The molecular formula is C14H16FN3O.